The van der Waals surface area contributed by atoms with E-state index in [9.17, 15) is 19.5 Å². The molecule has 0 aliphatic heterocycles. The summed E-state index contributed by atoms with van der Waals surface area (Å²) in [6.45, 7) is 4.97. The van der Waals surface area contributed by atoms with Gasteiger partial charge < -0.3 is 24.6 Å². The van der Waals surface area contributed by atoms with E-state index < -0.39 is 17.9 Å². The Bertz CT molecular complexity index is 554. The van der Waals surface area contributed by atoms with Gasteiger partial charge in [-0.05, 0) is 44.9 Å². The van der Waals surface area contributed by atoms with Crippen LogP contribution >= 0.6 is 0 Å². The van der Waals surface area contributed by atoms with Crippen molar-refractivity contribution in [2.24, 2.45) is 0 Å². The Balaban J connectivity index is 4.39. The summed E-state index contributed by atoms with van der Waals surface area (Å²) in [7, 11) is 0. The molecule has 0 heterocycles. The number of carbonyl (C=O) groups is 3. The quantitative estimate of drug-likeness (QED) is 0.0829. The van der Waals surface area contributed by atoms with E-state index in [0.717, 1.165) is 38.6 Å². The van der Waals surface area contributed by atoms with E-state index >= 15 is 0 Å². The zero-order valence-electron chi connectivity index (χ0n) is 22.9. The number of nitrogens with zero attached hydrogens (tertiary/aromatic N) is 1. The van der Waals surface area contributed by atoms with E-state index in [4.69, 9.17) is 10.2 Å². The van der Waals surface area contributed by atoms with Gasteiger partial charge >= 0.3 is 11.9 Å². The average molecular weight is 512 g/mol. The first-order chi connectivity index (χ1) is 17.3. The van der Waals surface area contributed by atoms with Crippen molar-refractivity contribution in [2.75, 3.05) is 26.2 Å². The number of rotatable bonds is 27. The summed E-state index contributed by atoms with van der Waals surface area (Å²) >= 11 is 0. The first-order valence-electron chi connectivity index (χ1n) is 14.4. The zero-order valence-corrected chi connectivity index (χ0v) is 22.9. The minimum absolute atomic E-state index is 0.0263. The van der Waals surface area contributed by atoms with Crippen LogP contribution in [0.5, 0.6) is 0 Å². The van der Waals surface area contributed by atoms with E-state index in [1.807, 2.05) is 0 Å². The minimum atomic E-state index is -1.08. The highest BCUT2D eigenvalue weighted by molar-refractivity contribution is 5.66. The van der Waals surface area contributed by atoms with Crippen LogP contribution < -0.4 is 5.11 Å². The van der Waals surface area contributed by atoms with Crippen molar-refractivity contribution in [3.63, 3.8) is 0 Å². The van der Waals surface area contributed by atoms with E-state index in [1.165, 1.54) is 51.4 Å². The average Bonchev–Trinajstić information content (AvgIpc) is 2.80. The Morgan fingerprint density at radius 1 is 0.583 bits per heavy atom. The van der Waals surface area contributed by atoms with Gasteiger partial charge in [0.25, 0.3) is 0 Å². The topological polar surface area (TPSA) is 115 Å². The molecule has 7 heteroatoms. The molecule has 7 nitrogen and oxygen atoms in total. The molecular formula is C29H53NO6. The van der Waals surface area contributed by atoms with E-state index in [2.05, 4.69) is 19.1 Å². The van der Waals surface area contributed by atoms with Crippen LogP contribution in [0, 0.1) is 0 Å². The van der Waals surface area contributed by atoms with Crippen LogP contribution in [0.2, 0.25) is 0 Å². The smallest absolute Gasteiger partial charge is 0.303 e. The van der Waals surface area contributed by atoms with Gasteiger partial charge in [-0.2, -0.15) is 0 Å². The Kier molecular flexibility index (Phi) is 22.3. The second-order valence-corrected chi connectivity index (χ2v) is 10.3. The maximum absolute atomic E-state index is 11.0. The monoisotopic (exact) mass is 511 g/mol. The number of carboxylic acids is 3. The molecule has 0 amide bonds. The standard InChI is InChI=1S/C29H53NO6/c1-2-3-4-5-6-7-8-9-10-11-12-13-14-15-16-23-30(24-17-20-27(31)32,25-18-21-28(33)34)26-19-22-29(35)36/h11-12H,2-10,13-26H2,1H3,(H2-,31,32,33,34,35,36)/b12-11+. The normalized spacial score (nSPS) is 11.8. The second kappa shape index (κ2) is 23.5. The lowest BCUT2D eigenvalue weighted by Crippen LogP contribution is -2.51. The third kappa shape index (κ3) is 22.6. The number of allylic oxidation sites excluding steroid dienone is 2. The molecule has 2 N–H and O–H groups in total. The Hall–Kier alpha value is -1.89. The van der Waals surface area contributed by atoms with Crippen LogP contribution in [0.15, 0.2) is 12.2 Å². The van der Waals surface area contributed by atoms with Crippen molar-refractivity contribution in [1.29, 1.82) is 0 Å². The SMILES string of the molecule is CCCCCCCCCC/C=C/CCCCC[N+](CCCC(=O)[O-])(CCCC(=O)O)CCCC(=O)O. The number of carboxylic acid groups (broad SMARTS) is 3. The van der Waals surface area contributed by atoms with Gasteiger partial charge in [-0.15, -0.1) is 0 Å². The maximum atomic E-state index is 11.0. The van der Waals surface area contributed by atoms with Gasteiger partial charge in [0.2, 0.25) is 0 Å². The molecule has 0 aromatic carbocycles. The highest BCUT2D eigenvalue weighted by Crippen LogP contribution is 2.18. The van der Waals surface area contributed by atoms with Crippen LogP contribution in [0.25, 0.3) is 0 Å². The molecule has 0 rings (SSSR count). The minimum Gasteiger partial charge on any atom is -0.550 e. The van der Waals surface area contributed by atoms with Gasteiger partial charge in [-0.25, -0.2) is 0 Å². The Labute approximate surface area is 219 Å². The highest BCUT2D eigenvalue weighted by atomic mass is 16.4. The van der Waals surface area contributed by atoms with Gasteiger partial charge in [0.1, 0.15) is 0 Å². The third-order valence-electron chi connectivity index (χ3n) is 6.95. The number of aliphatic carboxylic acids is 3. The molecule has 36 heavy (non-hydrogen) atoms. The molecular weight excluding hydrogens is 458 g/mol. The molecule has 0 fully saturated rings. The molecule has 0 atom stereocenters. The summed E-state index contributed by atoms with van der Waals surface area (Å²) in [4.78, 5) is 33.0. The van der Waals surface area contributed by atoms with Crippen LogP contribution in [-0.4, -0.2) is 58.8 Å². The van der Waals surface area contributed by atoms with Gasteiger partial charge in [0.05, 0.1) is 39.0 Å². The summed E-state index contributed by atoms with van der Waals surface area (Å²) in [6, 6.07) is 0. The number of carbonyl (C=O) groups excluding carboxylic acids is 1. The van der Waals surface area contributed by atoms with Crippen molar-refractivity contribution in [1.82, 2.24) is 0 Å². The summed E-state index contributed by atoms with van der Waals surface area (Å²) in [6.07, 6.45) is 22.2. The fourth-order valence-corrected chi connectivity index (χ4v) is 4.88. The lowest BCUT2D eigenvalue weighted by Gasteiger charge is -2.39. The molecule has 0 aromatic heterocycles. The fraction of sp³-hybridized carbons (Fsp3) is 0.828. The second-order valence-electron chi connectivity index (χ2n) is 10.3. The molecule has 0 saturated heterocycles. The van der Waals surface area contributed by atoms with E-state index in [0.29, 0.717) is 43.4 Å². The molecule has 0 unspecified atom stereocenters. The number of hydrogen-bond acceptors (Lipinski definition) is 4. The van der Waals surface area contributed by atoms with Crippen molar-refractivity contribution in [3.05, 3.63) is 12.2 Å². The Morgan fingerprint density at radius 3 is 1.42 bits per heavy atom. The lowest BCUT2D eigenvalue weighted by atomic mass is 10.1. The van der Waals surface area contributed by atoms with Gasteiger partial charge in [0.15, 0.2) is 0 Å². The van der Waals surface area contributed by atoms with Gasteiger partial charge in [0, 0.05) is 25.2 Å². The molecule has 210 valence electrons. The predicted molar refractivity (Wildman–Crippen MR) is 143 cm³/mol. The molecule has 0 bridgehead atoms. The van der Waals surface area contributed by atoms with Crippen molar-refractivity contribution >= 4 is 17.9 Å². The first kappa shape index (κ1) is 34.1. The third-order valence-corrected chi connectivity index (χ3v) is 6.95. The number of quaternary nitrogens is 1. The molecule has 0 aromatic rings. The lowest BCUT2D eigenvalue weighted by molar-refractivity contribution is -0.929. The van der Waals surface area contributed by atoms with E-state index in [1.54, 1.807) is 0 Å². The van der Waals surface area contributed by atoms with Crippen LogP contribution in [0.3, 0.4) is 0 Å². The van der Waals surface area contributed by atoms with E-state index in [-0.39, 0.29) is 19.3 Å². The highest BCUT2D eigenvalue weighted by Gasteiger charge is 2.26. The predicted octanol–water partition coefficient (Wildman–Crippen LogP) is 5.71. The number of unbranched alkanes of at least 4 members (excludes halogenated alkanes) is 11. The van der Waals surface area contributed by atoms with Gasteiger partial charge in [-0.3, -0.25) is 9.59 Å². The first-order valence-corrected chi connectivity index (χ1v) is 14.4. The summed E-state index contributed by atoms with van der Waals surface area (Å²) in [5, 5.41) is 29.0. The number of hydrogen-bond donors (Lipinski definition) is 2. The molecule has 0 radical (unpaired) electrons. The summed E-state index contributed by atoms with van der Waals surface area (Å²) in [5.41, 5.74) is 0. The molecule has 0 saturated carbocycles. The zero-order chi connectivity index (χ0) is 26.9. The summed E-state index contributed by atoms with van der Waals surface area (Å²) in [5.74, 6) is -2.76. The Morgan fingerprint density at radius 2 is 0.972 bits per heavy atom. The largest absolute Gasteiger partial charge is 0.550 e. The van der Waals surface area contributed by atoms with Crippen LogP contribution in [-0.2, 0) is 14.4 Å². The maximum Gasteiger partial charge on any atom is 0.303 e. The van der Waals surface area contributed by atoms with Crippen LogP contribution in [0.4, 0.5) is 0 Å². The van der Waals surface area contributed by atoms with Gasteiger partial charge in [-0.1, -0.05) is 64.0 Å². The molecule has 0 aliphatic carbocycles. The van der Waals surface area contributed by atoms with Crippen molar-refractivity contribution in [3.8, 4) is 0 Å². The van der Waals surface area contributed by atoms with Crippen LogP contribution in [0.1, 0.15) is 129 Å². The fourth-order valence-electron chi connectivity index (χ4n) is 4.88. The summed E-state index contributed by atoms with van der Waals surface area (Å²) < 4.78 is 0.599. The molecule has 0 aliphatic rings. The van der Waals surface area contributed by atoms with Crippen molar-refractivity contribution in [2.45, 2.75) is 129 Å². The van der Waals surface area contributed by atoms with Crippen molar-refractivity contribution < 1.29 is 34.2 Å². The molecule has 0 spiro atoms.